The van der Waals surface area contributed by atoms with E-state index in [0.29, 0.717) is 11.3 Å². The van der Waals surface area contributed by atoms with E-state index in [-0.39, 0.29) is 0 Å². The van der Waals surface area contributed by atoms with Crippen LogP contribution in [-0.2, 0) is 15.5 Å². The van der Waals surface area contributed by atoms with Crippen LogP contribution in [0.5, 0.6) is 0 Å². The predicted molar refractivity (Wildman–Crippen MR) is 40.2 cm³/mol. The Kier molecular flexibility index (Phi) is 2.60. The van der Waals surface area contributed by atoms with E-state index < -0.39 is 22.6 Å². The monoisotopic (exact) mass is 210 g/mol. The third-order valence-corrected chi connectivity index (χ3v) is 2.30. The summed E-state index contributed by atoms with van der Waals surface area (Å²) < 4.78 is 42.4. The van der Waals surface area contributed by atoms with E-state index in [0.717, 1.165) is 18.6 Å². The van der Waals surface area contributed by atoms with E-state index >= 15 is 0 Å². The van der Waals surface area contributed by atoms with Gasteiger partial charge in [0.1, 0.15) is 10.7 Å². The van der Waals surface area contributed by atoms with Crippen LogP contribution in [0.15, 0.2) is 11.4 Å². The first-order chi connectivity index (χ1) is 6.00. The molecule has 1 heterocycles. The van der Waals surface area contributed by atoms with E-state index in [1.165, 1.54) is 0 Å². The maximum Gasteiger partial charge on any atom is 0.382 e. The largest absolute Gasteiger partial charge is 0.464 e. The summed E-state index contributed by atoms with van der Waals surface area (Å²) in [6.07, 6.45) is 0. The number of hydrogen-bond donors (Lipinski definition) is 0. The molecule has 2 nitrogen and oxygen atoms in total. The standard InChI is InChI=1S/C7H5F3O2S/c1-12-6(11)7(9,10)5-4(8)2-3-13-5/h2-3H,1H3. The molecule has 6 heteroatoms. The second-order valence-corrected chi connectivity index (χ2v) is 3.08. The highest BCUT2D eigenvalue weighted by Gasteiger charge is 2.45. The van der Waals surface area contributed by atoms with Crippen molar-refractivity contribution in [3.8, 4) is 0 Å². The molecular weight excluding hydrogens is 205 g/mol. The van der Waals surface area contributed by atoms with Crippen molar-refractivity contribution in [1.82, 2.24) is 0 Å². The van der Waals surface area contributed by atoms with Gasteiger partial charge in [0.2, 0.25) is 0 Å². The van der Waals surface area contributed by atoms with Crippen LogP contribution < -0.4 is 0 Å². The van der Waals surface area contributed by atoms with Crippen molar-refractivity contribution < 1.29 is 22.7 Å². The Morgan fingerprint density at radius 3 is 2.62 bits per heavy atom. The summed E-state index contributed by atoms with van der Waals surface area (Å²) in [5.41, 5.74) is 0. The van der Waals surface area contributed by atoms with Gasteiger partial charge in [-0.2, -0.15) is 8.78 Å². The molecule has 0 spiro atoms. The molecule has 0 aliphatic rings. The van der Waals surface area contributed by atoms with E-state index in [1.807, 2.05) is 0 Å². The lowest BCUT2D eigenvalue weighted by Gasteiger charge is -2.10. The number of carbonyl (C=O) groups excluding carboxylic acids is 1. The molecule has 0 aliphatic carbocycles. The van der Waals surface area contributed by atoms with Crippen molar-refractivity contribution >= 4 is 17.3 Å². The molecule has 0 unspecified atom stereocenters. The van der Waals surface area contributed by atoms with Crippen molar-refractivity contribution in [2.45, 2.75) is 5.92 Å². The summed E-state index contributed by atoms with van der Waals surface area (Å²) in [5, 5.41) is 1.14. The summed E-state index contributed by atoms with van der Waals surface area (Å²) in [7, 11) is 0.821. The van der Waals surface area contributed by atoms with Crippen LogP contribution >= 0.6 is 11.3 Å². The molecule has 0 fully saturated rings. The molecule has 1 aromatic rings. The normalized spacial score (nSPS) is 11.4. The Balaban J connectivity index is 3.07. The maximum atomic E-state index is 12.9. The summed E-state index contributed by atoms with van der Waals surface area (Å²) in [5.74, 6) is -6.75. The highest BCUT2D eigenvalue weighted by atomic mass is 32.1. The summed E-state index contributed by atoms with van der Waals surface area (Å²) in [6, 6.07) is 0.872. The minimum absolute atomic E-state index is 0.474. The van der Waals surface area contributed by atoms with Gasteiger partial charge in [-0.1, -0.05) is 0 Å². The Labute approximate surface area is 75.9 Å². The highest BCUT2D eigenvalue weighted by molar-refractivity contribution is 7.10. The molecule has 0 saturated heterocycles. The molecule has 1 rings (SSSR count). The van der Waals surface area contributed by atoms with Gasteiger partial charge in [0.05, 0.1) is 7.11 Å². The number of rotatable bonds is 2. The quantitative estimate of drug-likeness (QED) is 0.699. The van der Waals surface area contributed by atoms with Crippen molar-refractivity contribution in [3.05, 3.63) is 22.1 Å². The van der Waals surface area contributed by atoms with Crippen LogP contribution in [0.2, 0.25) is 0 Å². The lowest BCUT2D eigenvalue weighted by Crippen LogP contribution is -2.27. The van der Waals surface area contributed by atoms with Gasteiger partial charge in [-0.15, -0.1) is 11.3 Å². The van der Waals surface area contributed by atoms with E-state index in [4.69, 9.17) is 0 Å². The smallest absolute Gasteiger partial charge is 0.382 e. The molecule has 0 radical (unpaired) electrons. The number of hydrogen-bond acceptors (Lipinski definition) is 3. The first-order valence-corrected chi connectivity index (χ1v) is 4.07. The molecule has 1 aromatic heterocycles. The molecule has 0 aromatic carbocycles. The Morgan fingerprint density at radius 1 is 1.62 bits per heavy atom. The van der Waals surface area contributed by atoms with Gasteiger partial charge in [-0.25, -0.2) is 9.18 Å². The lowest BCUT2D eigenvalue weighted by atomic mass is 10.3. The number of esters is 1. The Hall–Kier alpha value is -1.04. The van der Waals surface area contributed by atoms with Crippen LogP contribution in [0.4, 0.5) is 13.2 Å². The molecule has 13 heavy (non-hydrogen) atoms. The van der Waals surface area contributed by atoms with E-state index in [2.05, 4.69) is 4.74 Å². The molecule has 0 aliphatic heterocycles. The van der Waals surface area contributed by atoms with Gasteiger partial charge >= 0.3 is 11.9 Å². The third kappa shape index (κ3) is 1.67. The zero-order valence-corrected chi connectivity index (χ0v) is 7.33. The molecular formula is C7H5F3O2S. The van der Waals surface area contributed by atoms with Crippen LogP contribution in [0.3, 0.4) is 0 Å². The molecule has 0 bridgehead atoms. The van der Waals surface area contributed by atoms with Crippen LogP contribution in [0, 0.1) is 5.82 Å². The van der Waals surface area contributed by atoms with Crippen LogP contribution in [-0.4, -0.2) is 13.1 Å². The summed E-state index contributed by atoms with van der Waals surface area (Å²) in [6.45, 7) is 0. The Bertz CT molecular complexity index is 321. The SMILES string of the molecule is COC(=O)C(F)(F)c1sccc1F. The van der Waals surface area contributed by atoms with Crippen LogP contribution in [0.1, 0.15) is 4.88 Å². The molecule has 0 saturated carbocycles. The van der Waals surface area contributed by atoms with Gasteiger partial charge in [-0.05, 0) is 11.4 Å². The van der Waals surface area contributed by atoms with Gasteiger partial charge in [0, 0.05) is 0 Å². The number of halogens is 3. The first-order valence-electron chi connectivity index (χ1n) is 3.20. The highest BCUT2D eigenvalue weighted by Crippen LogP contribution is 2.34. The van der Waals surface area contributed by atoms with Gasteiger partial charge in [-0.3, -0.25) is 0 Å². The Morgan fingerprint density at radius 2 is 2.23 bits per heavy atom. The summed E-state index contributed by atoms with van der Waals surface area (Å²) in [4.78, 5) is 9.63. The van der Waals surface area contributed by atoms with Crippen LogP contribution in [0.25, 0.3) is 0 Å². The van der Waals surface area contributed by atoms with Gasteiger partial charge < -0.3 is 4.74 Å². The minimum atomic E-state index is -3.90. The zero-order chi connectivity index (χ0) is 10.1. The topological polar surface area (TPSA) is 26.3 Å². The fourth-order valence-corrected chi connectivity index (χ4v) is 1.47. The third-order valence-electron chi connectivity index (χ3n) is 1.34. The number of thiophene rings is 1. The number of alkyl halides is 2. The fourth-order valence-electron chi connectivity index (χ4n) is 0.739. The number of ether oxygens (including phenoxy) is 1. The second-order valence-electron chi connectivity index (χ2n) is 2.16. The van der Waals surface area contributed by atoms with Gasteiger partial charge in [0.25, 0.3) is 0 Å². The number of methoxy groups -OCH3 is 1. The predicted octanol–water partition coefficient (Wildman–Crippen LogP) is 2.15. The fraction of sp³-hybridized carbons (Fsp3) is 0.286. The van der Waals surface area contributed by atoms with Crippen molar-refractivity contribution in [2.75, 3.05) is 7.11 Å². The molecule has 72 valence electrons. The van der Waals surface area contributed by atoms with E-state index in [9.17, 15) is 18.0 Å². The maximum absolute atomic E-state index is 12.9. The average Bonchev–Trinajstić information content (AvgIpc) is 2.50. The van der Waals surface area contributed by atoms with Gasteiger partial charge in [0.15, 0.2) is 0 Å². The van der Waals surface area contributed by atoms with Crippen molar-refractivity contribution in [3.63, 3.8) is 0 Å². The minimum Gasteiger partial charge on any atom is -0.464 e. The molecule has 0 N–H and O–H groups in total. The lowest BCUT2D eigenvalue weighted by molar-refractivity contribution is -0.170. The molecule has 0 amide bonds. The second kappa shape index (κ2) is 3.37. The summed E-state index contributed by atoms with van der Waals surface area (Å²) >= 11 is 0.474. The number of carbonyl (C=O) groups is 1. The van der Waals surface area contributed by atoms with E-state index in [1.54, 1.807) is 0 Å². The van der Waals surface area contributed by atoms with Crippen molar-refractivity contribution in [1.29, 1.82) is 0 Å². The zero-order valence-electron chi connectivity index (χ0n) is 6.51. The first kappa shape index (κ1) is 10.0. The molecule has 0 atom stereocenters. The van der Waals surface area contributed by atoms with Crippen molar-refractivity contribution in [2.24, 2.45) is 0 Å². The average molecular weight is 210 g/mol.